The lowest BCUT2D eigenvalue weighted by atomic mass is 9.99. The van der Waals surface area contributed by atoms with Gasteiger partial charge in [-0.2, -0.15) is 0 Å². The first kappa shape index (κ1) is 16.1. The number of likely N-dealkylation sites (tertiary alicyclic amines) is 1. The Morgan fingerprint density at radius 1 is 1.15 bits per heavy atom. The Hall–Kier alpha value is -0.280. The van der Waals surface area contributed by atoms with Crippen LogP contribution in [0.5, 0.6) is 0 Å². The van der Waals surface area contributed by atoms with Gasteiger partial charge in [-0.3, -0.25) is 0 Å². The van der Waals surface area contributed by atoms with E-state index in [9.17, 15) is 0 Å². The third kappa shape index (κ3) is 5.61. The van der Waals surface area contributed by atoms with Gasteiger partial charge in [0.15, 0.2) is 0 Å². The molecule has 2 nitrogen and oxygen atoms in total. The number of nitrogens with one attached hydrogen (secondary N) is 1. The van der Waals surface area contributed by atoms with E-state index in [0.717, 1.165) is 24.6 Å². The van der Waals surface area contributed by atoms with Crippen molar-refractivity contribution in [2.24, 2.45) is 5.92 Å². The number of halogens is 2. The van der Waals surface area contributed by atoms with E-state index in [1.54, 1.807) is 6.07 Å². The molecule has 1 fully saturated rings. The molecule has 0 bridgehead atoms. The zero-order valence-electron chi connectivity index (χ0n) is 12.2. The molecule has 1 aliphatic rings. The fraction of sp³-hybridized carbons (Fsp3) is 0.625. The van der Waals surface area contributed by atoms with E-state index in [1.165, 1.54) is 38.9 Å². The predicted molar refractivity (Wildman–Crippen MR) is 87.6 cm³/mol. The third-order valence-corrected chi connectivity index (χ3v) is 4.39. The third-order valence-electron chi connectivity index (χ3n) is 3.96. The molecule has 2 rings (SSSR count). The fourth-order valence-electron chi connectivity index (χ4n) is 2.66. The van der Waals surface area contributed by atoms with Crippen LogP contribution < -0.4 is 5.32 Å². The van der Waals surface area contributed by atoms with Crippen molar-refractivity contribution in [3.05, 3.63) is 33.8 Å². The first-order valence-corrected chi connectivity index (χ1v) is 8.27. The van der Waals surface area contributed by atoms with Crippen molar-refractivity contribution in [2.45, 2.75) is 32.7 Å². The number of rotatable bonds is 6. The van der Waals surface area contributed by atoms with Crippen molar-refractivity contribution in [1.82, 2.24) is 10.2 Å². The minimum atomic E-state index is 0.705. The maximum Gasteiger partial charge on any atom is 0.0424 e. The van der Waals surface area contributed by atoms with Crippen LogP contribution in [-0.4, -0.2) is 31.1 Å². The molecule has 4 heteroatoms. The molecule has 1 aromatic rings. The summed E-state index contributed by atoms with van der Waals surface area (Å²) in [4.78, 5) is 2.58. The maximum absolute atomic E-state index is 5.98. The van der Waals surface area contributed by atoms with E-state index in [0.29, 0.717) is 10.0 Å². The highest BCUT2D eigenvalue weighted by Crippen LogP contribution is 2.19. The normalized spacial score (nSPS) is 17.6. The molecule has 0 unspecified atom stereocenters. The molecule has 0 aliphatic carbocycles. The van der Waals surface area contributed by atoms with E-state index < -0.39 is 0 Å². The van der Waals surface area contributed by atoms with Crippen molar-refractivity contribution < 1.29 is 0 Å². The van der Waals surface area contributed by atoms with E-state index in [-0.39, 0.29) is 0 Å². The Labute approximate surface area is 132 Å². The van der Waals surface area contributed by atoms with Gasteiger partial charge in [0, 0.05) is 16.6 Å². The monoisotopic (exact) mass is 314 g/mol. The summed E-state index contributed by atoms with van der Waals surface area (Å²) in [7, 11) is 0. The Morgan fingerprint density at radius 2 is 1.80 bits per heavy atom. The molecule has 0 amide bonds. The van der Waals surface area contributed by atoms with Gasteiger partial charge in [0.1, 0.15) is 0 Å². The highest BCUT2D eigenvalue weighted by Gasteiger charge is 2.14. The van der Waals surface area contributed by atoms with Crippen molar-refractivity contribution in [3.8, 4) is 0 Å². The lowest BCUT2D eigenvalue weighted by Gasteiger charge is -2.30. The van der Waals surface area contributed by atoms with Crippen LogP contribution in [0.1, 0.15) is 31.7 Å². The number of nitrogens with zero attached hydrogens (tertiary/aromatic N) is 1. The smallest absolute Gasteiger partial charge is 0.0424 e. The summed E-state index contributed by atoms with van der Waals surface area (Å²) in [6, 6.07) is 5.70. The molecule has 20 heavy (non-hydrogen) atoms. The lowest BCUT2D eigenvalue weighted by molar-refractivity contribution is 0.190. The van der Waals surface area contributed by atoms with E-state index in [4.69, 9.17) is 23.2 Å². The molecule has 1 aromatic carbocycles. The van der Waals surface area contributed by atoms with Crippen molar-refractivity contribution in [1.29, 1.82) is 0 Å². The first-order valence-electron chi connectivity index (χ1n) is 7.51. The summed E-state index contributed by atoms with van der Waals surface area (Å²) in [6.45, 7) is 7.97. The van der Waals surface area contributed by atoms with Crippen molar-refractivity contribution >= 4 is 23.2 Å². The fourth-order valence-corrected chi connectivity index (χ4v) is 3.23. The van der Waals surface area contributed by atoms with Crippen LogP contribution in [0.25, 0.3) is 0 Å². The summed E-state index contributed by atoms with van der Waals surface area (Å²) >= 11 is 12.0. The molecule has 1 aliphatic heterocycles. The van der Waals surface area contributed by atoms with Crippen LogP contribution in [-0.2, 0) is 6.54 Å². The molecule has 1 heterocycles. The minimum absolute atomic E-state index is 0.705. The van der Waals surface area contributed by atoms with Gasteiger partial charge in [-0.1, -0.05) is 30.1 Å². The summed E-state index contributed by atoms with van der Waals surface area (Å²) in [5.41, 5.74) is 1.15. The maximum atomic E-state index is 5.98. The van der Waals surface area contributed by atoms with E-state index >= 15 is 0 Å². The molecule has 0 spiro atoms. The zero-order chi connectivity index (χ0) is 14.4. The molecule has 1 N–H and O–H groups in total. The van der Waals surface area contributed by atoms with Crippen LogP contribution in [0.3, 0.4) is 0 Å². The van der Waals surface area contributed by atoms with Gasteiger partial charge in [0.05, 0.1) is 0 Å². The average Bonchev–Trinajstić information content (AvgIpc) is 2.39. The van der Waals surface area contributed by atoms with E-state index in [1.807, 2.05) is 12.1 Å². The average molecular weight is 315 g/mol. The Kier molecular flexibility index (Phi) is 6.63. The SMILES string of the molecule is CC1CCN(CCCNCc2cc(Cl)cc(Cl)c2)CC1. The zero-order valence-corrected chi connectivity index (χ0v) is 13.7. The molecular formula is C16H24Cl2N2. The van der Waals surface area contributed by atoms with Gasteiger partial charge in [-0.05, 0) is 75.1 Å². The van der Waals surface area contributed by atoms with Gasteiger partial charge in [0.2, 0.25) is 0 Å². The predicted octanol–water partition coefficient (Wildman–Crippen LogP) is 4.21. The summed E-state index contributed by atoms with van der Waals surface area (Å²) in [5, 5.41) is 4.87. The molecule has 1 saturated heterocycles. The van der Waals surface area contributed by atoms with Gasteiger partial charge in [-0.15, -0.1) is 0 Å². The highest BCUT2D eigenvalue weighted by molar-refractivity contribution is 6.34. The molecule has 0 saturated carbocycles. The summed E-state index contributed by atoms with van der Waals surface area (Å²) < 4.78 is 0. The Balaban J connectivity index is 1.59. The number of hydrogen-bond acceptors (Lipinski definition) is 2. The van der Waals surface area contributed by atoms with Gasteiger partial charge in [-0.25, -0.2) is 0 Å². The highest BCUT2D eigenvalue weighted by atomic mass is 35.5. The summed E-state index contributed by atoms with van der Waals surface area (Å²) in [5.74, 6) is 0.914. The Bertz CT molecular complexity index is 395. The number of hydrogen-bond donors (Lipinski definition) is 1. The van der Waals surface area contributed by atoms with Crippen LogP contribution in [0, 0.1) is 5.92 Å². The molecule has 0 radical (unpaired) electrons. The van der Waals surface area contributed by atoms with Gasteiger partial charge in [0.25, 0.3) is 0 Å². The topological polar surface area (TPSA) is 15.3 Å². The van der Waals surface area contributed by atoms with E-state index in [2.05, 4.69) is 17.1 Å². The molecule has 0 aromatic heterocycles. The van der Waals surface area contributed by atoms with Gasteiger partial charge < -0.3 is 10.2 Å². The lowest BCUT2D eigenvalue weighted by Crippen LogP contribution is -2.34. The second-order valence-electron chi connectivity index (χ2n) is 5.83. The van der Waals surface area contributed by atoms with Gasteiger partial charge >= 0.3 is 0 Å². The molecular weight excluding hydrogens is 291 g/mol. The first-order chi connectivity index (χ1) is 9.63. The van der Waals surface area contributed by atoms with Crippen molar-refractivity contribution in [3.63, 3.8) is 0 Å². The largest absolute Gasteiger partial charge is 0.313 e. The van der Waals surface area contributed by atoms with Crippen LogP contribution in [0.4, 0.5) is 0 Å². The van der Waals surface area contributed by atoms with Crippen molar-refractivity contribution in [2.75, 3.05) is 26.2 Å². The molecule has 112 valence electrons. The standard InChI is InChI=1S/C16H24Cl2N2/c1-13-3-7-20(8-4-13)6-2-5-19-12-14-9-15(17)11-16(18)10-14/h9-11,13,19H,2-8,12H2,1H3. The molecule has 0 atom stereocenters. The second kappa shape index (κ2) is 8.23. The quantitative estimate of drug-likeness (QED) is 0.791. The number of piperidine rings is 1. The summed E-state index contributed by atoms with van der Waals surface area (Å²) in [6.07, 6.45) is 3.91. The van der Waals surface area contributed by atoms with Crippen LogP contribution in [0.2, 0.25) is 10.0 Å². The van der Waals surface area contributed by atoms with Crippen LogP contribution in [0.15, 0.2) is 18.2 Å². The minimum Gasteiger partial charge on any atom is -0.313 e. The number of benzene rings is 1. The van der Waals surface area contributed by atoms with Crippen LogP contribution >= 0.6 is 23.2 Å². The Morgan fingerprint density at radius 3 is 2.45 bits per heavy atom. The second-order valence-corrected chi connectivity index (χ2v) is 6.71.